The van der Waals surface area contributed by atoms with Crippen molar-refractivity contribution in [3.05, 3.63) is 46.8 Å². The number of hydrogen-bond donors (Lipinski definition) is 2. The van der Waals surface area contributed by atoms with Gasteiger partial charge in [-0.1, -0.05) is 13.0 Å². The molecule has 1 heterocycles. The number of aromatic hydroxyl groups is 1. The third kappa shape index (κ3) is 2.93. The second kappa shape index (κ2) is 5.69. The predicted molar refractivity (Wildman–Crippen MR) is 76.9 cm³/mol. The van der Waals surface area contributed by atoms with Gasteiger partial charge in [-0.25, -0.2) is 0 Å². The van der Waals surface area contributed by atoms with E-state index in [-0.39, 0.29) is 11.7 Å². The van der Waals surface area contributed by atoms with Gasteiger partial charge in [0.1, 0.15) is 5.75 Å². The van der Waals surface area contributed by atoms with Crippen LogP contribution in [-0.2, 0) is 6.42 Å². The van der Waals surface area contributed by atoms with Gasteiger partial charge in [0.25, 0.3) is 5.91 Å². The summed E-state index contributed by atoms with van der Waals surface area (Å²) in [6.07, 6.45) is 0.634. The number of amides is 1. The fourth-order valence-corrected chi connectivity index (χ4v) is 1.86. The van der Waals surface area contributed by atoms with E-state index in [9.17, 15) is 9.90 Å². The van der Waals surface area contributed by atoms with Gasteiger partial charge >= 0.3 is 0 Å². The van der Waals surface area contributed by atoms with Gasteiger partial charge in [0.05, 0.1) is 17.0 Å². The molecule has 1 aromatic carbocycles. The zero-order valence-electron chi connectivity index (χ0n) is 11.8. The van der Waals surface area contributed by atoms with Crippen molar-refractivity contribution in [2.45, 2.75) is 27.2 Å². The first-order valence-electron chi connectivity index (χ1n) is 6.45. The van der Waals surface area contributed by atoms with Crippen molar-refractivity contribution in [1.29, 1.82) is 0 Å². The van der Waals surface area contributed by atoms with Crippen LogP contribution in [0.3, 0.4) is 0 Å². The van der Waals surface area contributed by atoms with Crippen LogP contribution in [0, 0.1) is 13.8 Å². The van der Waals surface area contributed by atoms with Gasteiger partial charge in [-0.2, -0.15) is 10.2 Å². The minimum atomic E-state index is -0.247. The van der Waals surface area contributed by atoms with Crippen LogP contribution in [0.2, 0.25) is 0 Å². The van der Waals surface area contributed by atoms with Gasteiger partial charge in [-0.05, 0) is 38.0 Å². The highest BCUT2D eigenvalue weighted by atomic mass is 16.3. The average Bonchev–Trinajstić information content (AvgIpc) is 2.43. The van der Waals surface area contributed by atoms with Crippen molar-refractivity contribution in [2.75, 3.05) is 5.32 Å². The van der Waals surface area contributed by atoms with E-state index in [4.69, 9.17) is 0 Å². The van der Waals surface area contributed by atoms with Crippen LogP contribution in [0.4, 0.5) is 5.69 Å². The maximum Gasteiger partial charge on any atom is 0.257 e. The van der Waals surface area contributed by atoms with Crippen molar-refractivity contribution >= 4 is 11.6 Å². The number of phenols is 1. The molecule has 2 aromatic rings. The minimum Gasteiger partial charge on any atom is -0.508 e. The number of aromatic nitrogens is 2. The fourth-order valence-electron chi connectivity index (χ4n) is 1.86. The number of rotatable bonds is 3. The second-order valence-corrected chi connectivity index (χ2v) is 4.66. The van der Waals surface area contributed by atoms with Crippen molar-refractivity contribution in [1.82, 2.24) is 10.2 Å². The summed E-state index contributed by atoms with van der Waals surface area (Å²) in [4.78, 5) is 12.3. The Morgan fingerprint density at radius 1 is 1.25 bits per heavy atom. The number of phenolic OH excluding ortho intramolecular Hbond substituents is 1. The molecular weight excluding hydrogens is 254 g/mol. The molecule has 0 saturated heterocycles. The molecule has 0 saturated carbocycles. The molecule has 5 heteroatoms. The molecule has 2 N–H and O–H groups in total. The van der Waals surface area contributed by atoms with Crippen LogP contribution >= 0.6 is 0 Å². The molecule has 0 atom stereocenters. The monoisotopic (exact) mass is 271 g/mol. The number of hydrogen-bond acceptors (Lipinski definition) is 4. The number of aryl methyl sites for hydroxylation is 3. The molecule has 0 aliphatic heterocycles. The van der Waals surface area contributed by atoms with E-state index >= 15 is 0 Å². The van der Waals surface area contributed by atoms with E-state index in [0.717, 1.165) is 5.56 Å². The lowest BCUT2D eigenvalue weighted by atomic mass is 10.1. The zero-order valence-corrected chi connectivity index (χ0v) is 11.8. The molecule has 0 aliphatic carbocycles. The molecule has 0 radical (unpaired) electrons. The van der Waals surface area contributed by atoms with E-state index in [1.807, 2.05) is 6.92 Å². The van der Waals surface area contributed by atoms with Crippen LogP contribution < -0.4 is 5.32 Å². The topological polar surface area (TPSA) is 75.1 Å². The molecule has 5 nitrogen and oxygen atoms in total. The van der Waals surface area contributed by atoms with Crippen LogP contribution in [0.25, 0.3) is 0 Å². The number of nitrogens with one attached hydrogen (secondary N) is 1. The highest BCUT2D eigenvalue weighted by molar-refractivity contribution is 6.05. The third-order valence-corrected chi connectivity index (χ3v) is 3.04. The summed E-state index contributed by atoms with van der Waals surface area (Å²) in [6, 6.07) is 6.75. The normalized spacial score (nSPS) is 10.3. The van der Waals surface area contributed by atoms with Crippen molar-refractivity contribution in [3.8, 4) is 5.75 Å². The highest BCUT2D eigenvalue weighted by Crippen LogP contribution is 2.21. The summed E-state index contributed by atoms with van der Waals surface area (Å²) >= 11 is 0. The Kier molecular flexibility index (Phi) is 3.98. The maximum absolute atomic E-state index is 12.3. The van der Waals surface area contributed by atoms with E-state index < -0.39 is 0 Å². The van der Waals surface area contributed by atoms with Crippen LogP contribution in [-0.4, -0.2) is 21.2 Å². The van der Waals surface area contributed by atoms with E-state index in [0.29, 0.717) is 29.1 Å². The largest absolute Gasteiger partial charge is 0.508 e. The predicted octanol–water partition coefficient (Wildman–Crippen LogP) is 2.61. The van der Waals surface area contributed by atoms with Gasteiger partial charge < -0.3 is 10.4 Å². The first-order chi connectivity index (χ1) is 9.51. The van der Waals surface area contributed by atoms with Crippen molar-refractivity contribution < 1.29 is 9.90 Å². The number of carbonyl (C=O) groups excluding carboxylic acids is 1. The molecule has 2 rings (SSSR count). The summed E-state index contributed by atoms with van der Waals surface area (Å²) in [6.45, 7) is 5.51. The summed E-state index contributed by atoms with van der Waals surface area (Å²) in [5.74, 6) is -0.0920. The molecule has 0 spiro atoms. The highest BCUT2D eigenvalue weighted by Gasteiger charge is 2.13. The summed E-state index contributed by atoms with van der Waals surface area (Å²) in [5.41, 5.74) is 3.18. The molecule has 1 aromatic heterocycles. The molecule has 0 fully saturated rings. The van der Waals surface area contributed by atoms with Gasteiger partial charge in [-0.15, -0.1) is 0 Å². The number of anilines is 1. The third-order valence-electron chi connectivity index (χ3n) is 3.04. The van der Waals surface area contributed by atoms with Gasteiger partial charge in [0.2, 0.25) is 0 Å². The van der Waals surface area contributed by atoms with E-state index in [1.54, 1.807) is 32.0 Å². The zero-order chi connectivity index (χ0) is 14.7. The SMILES string of the molecule is CCc1nnc(C)cc1C(=O)Nc1ccc(C)c(O)c1. The quantitative estimate of drug-likeness (QED) is 0.899. The minimum absolute atomic E-state index is 0.155. The van der Waals surface area contributed by atoms with Gasteiger partial charge in [0, 0.05) is 11.8 Å². The summed E-state index contributed by atoms with van der Waals surface area (Å²) in [5, 5.41) is 20.4. The molecule has 0 bridgehead atoms. The second-order valence-electron chi connectivity index (χ2n) is 4.66. The first-order valence-corrected chi connectivity index (χ1v) is 6.45. The molecule has 0 unspecified atom stereocenters. The Bertz CT molecular complexity index is 654. The molecular formula is C15H17N3O2. The van der Waals surface area contributed by atoms with E-state index in [2.05, 4.69) is 15.5 Å². The van der Waals surface area contributed by atoms with Crippen molar-refractivity contribution in [3.63, 3.8) is 0 Å². The lowest BCUT2D eigenvalue weighted by Crippen LogP contribution is -2.16. The summed E-state index contributed by atoms with van der Waals surface area (Å²) < 4.78 is 0. The maximum atomic E-state index is 12.3. The van der Waals surface area contributed by atoms with Crippen molar-refractivity contribution in [2.24, 2.45) is 0 Å². The Morgan fingerprint density at radius 2 is 2.00 bits per heavy atom. The van der Waals surface area contributed by atoms with Gasteiger partial charge in [-0.3, -0.25) is 4.79 Å². The molecule has 20 heavy (non-hydrogen) atoms. The van der Waals surface area contributed by atoms with E-state index in [1.165, 1.54) is 6.07 Å². The lowest BCUT2D eigenvalue weighted by molar-refractivity contribution is 0.102. The van der Waals surface area contributed by atoms with Gasteiger partial charge in [0.15, 0.2) is 0 Å². The first kappa shape index (κ1) is 14.0. The number of nitrogens with zero attached hydrogens (tertiary/aromatic N) is 2. The Hall–Kier alpha value is -2.43. The molecule has 0 aliphatic rings. The van der Waals surface area contributed by atoms with Crippen LogP contribution in [0.5, 0.6) is 5.75 Å². The fraction of sp³-hybridized carbons (Fsp3) is 0.267. The Balaban J connectivity index is 2.27. The smallest absolute Gasteiger partial charge is 0.257 e. The number of carbonyl (C=O) groups is 1. The lowest BCUT2D eigenvalue weighted by Gasteiger charge is -2.09. The molecule has 1 amide bonds. The molecule has 104 valence electrons. The number of benzene rings is 1. The average molecular weight is 271 g/mol. The Morgan fingerprint density at radius 3 is 2.65 bits per heavy atom. The summed E-state index contributed by atoms with van der Waals surface area (Å²) in [7, 11) is 0. The van der Waals surface area contributed by atoms with Crippen LogP contribution in [0.15, 0.2) is 24.3 Å². The standard InChI is InChI=1S/C15H17N3O2/c1-4-13-12(7-10(3)17-18-13)15(20)16-11-6-5-9(2)14(19)8-11/h5-8,19H,4H2,1-3H3,(H,16,20). The van der Waals surface area contributed by atoms with Crippen LogP contribution in [0.1, 0.15) is 34.2 Å². The Labute approximate surface area is 117 Å².